The maximum Gasteiger partial charge on any atom is 0.244 e. The van der Waals surface area contributed by atoms with Crippen LogP contribution in [-0.4, -0.2) is 19.4 Å². The lowest BCUT2D eigenvalue weighted by Gasteiger charge is -2.17. The Labute approximate surface area is 125 Å². The van der Waals surface area contributed by atoms with Crippen LogP contribution in [-0.2, 0) is 10.0 Å². The van der Waals surface area contributed by atoms with Crippen LogP contribution in [0.2, 0.25) is 0 Å². The zero-order chi connectivity index (χ0) is 14.6. The van der Waals surface area contributed by atoms with Crippen molar-refractivity contribution in [2.24, 2.45) is 5.73 Å². The fourth-order valence-electron chi connectivity index (χ4n) is 1.49. The summed E-state index contributed by atoms with van der Waals surface area (Å²) in [4.78, 5) is -0.379. The highest BCUT2D eigenvalue weighted by molar-refractivity contribution is 9.10. The zero-order valence-corrected chi connectivity index (χ0v) is 13.4. The van der Waals surface area contributed by atoms with E-state index < -0.39 is 26.8 Å². The van der Waals surface area contributed by atoms with Crippen molar-refractivity contribution < 1.29 is 12.8 Å². The Balaban J connectivity index is 3.06. The van der Waals surface area contributed by atoms with Gasteiger partial charge >= 0.3 is 0 Å². The first-order valence-electron chi connectivity index (χ1n) is 5.54. The Bertz CT molecular complexity index is 578. The minimum absolute atomic E-state index is 0.0444. The van der Waals surface area contributed by atoms with Crippen molar-refractivity contribution in [1.82, 2.24) is 4.72 Å². The molecule has 0 aromatic heterocycles. The molecule has 106 valence electrons. The van der Waals surface area contributed by atoms with E-state index in [-0.39, 0.29) is 4.99 Å². The Hall–Kier alpha value is -0.570. The second-order valence-electron chi connectivity index (χ2n) is 3.94. The summed E-state index contributed by atoms with van der Waals surface area (Å²) in [6.07, 6.45) is 1.17. The fourth-order valence-corrected chi connectivity index (χ4v) is 3.39. The van der Waals surface area contributed by atoms with E-state index in [0.29, 0.717) is 17.3 Å². The molecular formula is C11H14BrFN2O2S2. The summed E-state index contributed by atoms with van der Waals surface area (Å²) in [5.74, 6) is -0.833. The SMILES string of the molecule is CCCC(NS(=O)(=O)c1ccc(Br)cc1F)C(N)=S. The molecule has 0 fully saturated rings. The predicted octanol–water partition coefficient (Wildman–Crippen LogP) is 2.32. The van der Waals surface area contributed by atoms with E-state index >= 15 is 0 Å². The number of nitrogens with two attached hydrogens (primary N) is 1. The van der Waals surface area contributed by atoms with Gasteiger partial charge in [-0.3, -0.25) is 0 Å². The van der Waals surface area contributed by atoms with Crippen LogP contribution in [0.1, 0.15) is 19.8 Å². The summed E-state index contributed by atoms with van der Waals surface area (Å²) >= 11 is 7.87. The molecule has 0 bridgehead atoms. The van der Waals surface area contributed by atoms with Gasteiger partial charge in [0.05, 0.1) is 11.0 Å². The normalized spacial score (nSPS) is 13.2. The van der Waals surface area contributed by atoms with E-state index in [1.807, 2.05) is 6.92 Å². The second-order valence-corrected chi connectivity index (χ2v) is 7.01. The van der Waals surface area contributed by atoms with Crippen LogP contribution in [0.25, 0.3) is 0 Å². The topological polar surface area (TPSA) is 72.2 Å². The maximum absolute atomic E-state index is 13.7. The van der Waals surface area contributed by atoms with Crippen LogP contribution >= 0.6 is 28.1 Å². The van der Waals surface area contributed by atoms with Crippen LogP contribution in [0, 0.1) is 5.82 Å². The molecule has 0 aliphatic rings. The quantitative estimate of drug-likeness (QED) is 0.755. The van der Waals surface area contributed by atoms with Gasteiger partial charge in [-0.1, -0.05) is 41.5 Å². The molecule has 0 amide bonds. The largest absolute Gasteiger partial charge is 0.392 e. The van der Waals surface area contributed by atoms with Crippen molar-refractivity contribution in [2.75, 3.05) is 0 Å². The first-order chi connectivity index (χ1) is 8.77. The van der Waals surface area contributed by atoms with Crippen LogP contribution in [0.15, 0.2) is 27.6 Å². The van der Waals surface area contributed by atoms with Gasteiger partial charge in [0.15, 0.2) is 0 Å². The number of rotatable bonds is 6. The van der Waals surface area contributed by atoms with Crippen molar-refractivity contribution in [3.63, 3.8) is 0 Å². The fraction of sp³-hybridized carbons (Fsp3) is 0.364. The third-order valence-electron chi connectivity index (χ3n) is 2.40. The lowest BCUT2D eigenvalue weighted by Crippen LogP contribution is -2.43. The first kappa shape index (κ1) is 16.5. The van der Waals surface area contributed by atoms with E-state index in [4.69, 9.17) is 18.0 Å². The van der Waals surface area contributed by atoms with E-state index in [1.165, 1.54) is 12.1 Å². The molecule has 1 aromatic carbocycles. The average Bonchev–Trinajstić information content (AvgIpc) is 2.27. The van der Waals surface area contributed by atoms with Crippen LogP contribution in [0.5, 0.6) is 0 Å². The lowest BCUT2D eigenvalue weighted by atomic mass is 10.2. The molecule has 0 aliphatic heterocycles. The summed E-state index contributed by atoms with van der Waals surface area (Å²) in [6, 6.07) is 3.05. The summed E-state index contributed by atoms with van der Waals surface area (Å²) < 4.78 is 40.6. The van der Waals surface area contributed by atoms with Gasteiger partial charge in [0.2, 0.25) is 10.0 Å². The first-order valence-corrected chi connectivity index (χ1v) is 8.23. The van der Waals surface area contributed by atoms with E-state index in [1.54, 1.807) is 0 Å². The molecule has 4 nitrogen and oxygen atoms in total. The minimum Gasteiger partial charge on any atom is -0.392 e. The smallest absolute Gasteiger partial charge is 0.244 e. The number of hydrogen-bond acceptors (Lipinski definition) is 3. The van der Waals surface area contributed by atoms with Gasteiger partial charge < -0.3 is 5.73 Å². The van der Waals surface area contributed by atoms with Crippen molar-refractivity contribution in [3.8, 4) is 0 Å². The monoisotopic (exact) mass is 368 g/mol. The van der Waals surface area contributed by atoms with Gasteiger partial charge in [-0.25, -0.2) is 17.5 Å². The number of benzene rings is 1. The number of hydrogen-bond donors (Lipinski definition) is 2. The molecule has 0 radical (unpaired) electrons. The van der Waals surface area contributed by atoms with Gasteiger partial charge in [0, 0.05) is 4.47 Å². The Morgan fingerprint density at radius 1 is 1.58 bits per heavy atom. The van der Waals surface area contributed by atoms with Gasteiger partial charge in [-0.15, -0.1) is 0 Å². The number of sulfonamides is 1. The van der Waals surface area contributed by atoms with Crippen LogP contribution < -0.4 is 10.5 Å². The van der Waals surface area contributed by atoms with Gasteiger partial charge in [0.1, 0.15) is 10.7 Å². The van der Waals surface area contributed by atoms with Crippen LogP contribution in [0.4, 0.5) is 4.39 Å². The molecule has 0 saturated heterocycles. The van der Waals surface area contributed by atoms with E-state index in [2.05, 4.69) is 20.7 Å². The summed E-state index contributed by atoms with van der Waals surface area (Å²) in [5, 5.41) is 0. The summed E-state index contributed by atoms with van der Waals surface area (Å²) in [7, 11) is -3.99. The van der Waals surface area contributed by atoms with Crippen molar-refractivity contribution in [2.45, 2.75) is 30.7 Å². The molecule has 1 aromatic rings. The summed E-state index contributed by atoms with van der Waals surface area (Å²) in [6.45, 7) is 1.87. The van der Waals surface area contributed by atoms with Gasteiger partial charge in [-0.05, 0) is 24.6 Å². The molecule has 0 heterocycles. The van der Waals surface area contributed by atoms with E-state index in [9.17, 15) is 12.8 Å². The molecule has 1 unspecified atom stereocenters. The Morgan fingerprint density at radius 2 is 2.21 bits per heavy atom. The molecular weight excluding hydrogens is 355 g/mol. The molecule has 1 rings (SSSR count). The van der Waals surface area contributed by atoms with Crippen molar-refractivity contribution in [1.29, 1.82) is 0 Å². The molecule has 3 N–H and O–H groups in total. The molecule has 0 spiro atoms. The zero-order valence-electron chi connectivity index (χ0n) is 10.2. The summed E-state index contributed by atoms with van der Waals surface area (Å²) in [5.41, 5.74) is 5.47. The second kappa shape index (κ2) is 6.74. The van der Waals surface area contributed by atoms with Crippen molar-refractivity contribution in [3.05, 3.63) is 28.5 Å². The predicted molar refractivity (Wildman–Crippen MR) is 79.9 cm³/mol. The number of nitrogens with one attached hydrogen (secondary N) is 1. The third-order valence-corrected chi connectivity index (χ3v) is 4.68. The third kappa shape index (κ3) is 4.48. The van der Waals surface area contributed by atoms with Gasteiger partial charge in [0.25, 0.3) is 0 Å². The number of halogens is 2. The highest BCUT2D eigenvalue weighted by Crippen LogP contribution is 2.19. The standard InChI is InChI=1S/C11H14BrFN2O2S2/c1-2-3-9(11(14)18)15-19(16,17)10-5-4-7(12)6-8(10)13/h4-6,9,15H,2-3H2,1H3,(H2,14,18). The molecule has 8 heteroatoms. The Kier molecular flexibility index (Phi) is 5.84. The van der Waals surface area contributed by atoms with Crippen molar-refractivity contribution >= 4 is 43.2 Å². The Morgan fingerprint density at radius 3 is 2.68 bits per heavy atom. The highest BCUT2D eigenvalue weighted by atomic mass is 79.9. The highest BCUT2D eigenvalue weighted by Gasteiger charge is 2.24. The number of thiocarbonyl (C=S) groups is 1. The van der Waals surface area contributed by atoms with E-state index in [0.717, 1.165) is 6.07 Å². The van der Waals surface area contributed by atoms with Gasteiger partial charge in [-0.2, -0.15) is 0 Å². The molecule has 19 heavy (non-hydrogen) atoms. The molecule has 0 aliphatic carbocycles. The lowest BCUT2D eigenvalue weighted by molar-refractivity contribution is 0.547. The maximum atomic E-state index is 13.7. The molecule has 1 atom stereocenters. The average molecular weight is 369 g/mol. The minimum atomic E-state index is -3.99. The molecule has 0 saturated carbocycles. The van der Waals surface area contributed by atoms with Crippen LogP contribution in [0.3, 0.4) is 0 Å².